The molecule has 0 amide bonds. The normalized spacial score (nSPS) is 9.92. The van der Waals surface area contributed by atoms with Crippen molar-refractivity contribution in [2.45, 2.75) is 19.3 Å². The van der Waals surface area contributed by atoms with Crippen LogP contribution in [0.3, 0.4) is 0 Å². The van der Waals surface area contributed by atoms with E-state index in [-0.39, 0.29) is 25.3 Å². The minimum absolute atomic E-state index is 0.0294. The average molecular weight is 188 g/mol. The SMILES string of the molecule is NCC(=O)CNCCCCC(=O)O. The van der Waals surface area contributed by atoms with Gasteiger partial charge in [-0.25, -0.2) is 0 Å². The Morgan fingerprint density at radius 1 is 1.31 bits per heavy atom. The van der Waals surface area contributed by atoms with Crippen LogP contribution in [0.25, 0.3) is 0 Å². The maximum atomic E-state index is 10.7. The van der Waals surface area contributed by atoms with E-state index in [0.29, 0.717) is 13.0 Å². The van der Waals surface area contributed by atoms with E-state index in [1.54, 1.807) is 0 Å². The number of Topliss-reactive ketones (excluding diaryl/α,β-unsaturated/α-hetero) is 1. The molecule has 0 saturated heterocycles. The zero-order valence-electron chi connectivity index (χ0n) is 7.58. The van der Waals surface area contributed by atoms with Crippen LogP contribution in [0.1, 0.15) is 19.3 Å². The first kappa shape index (κ1) is 12.1. The quantitative estimate of drug-likeness (QED) is 0.440. The lowest BCUT2D eigenvalue weighted by atomic mass is 10.2. The molecule has 0 bridgehead atoms. The highest BCUT2D eigenvalue weighted by atomic mass is 16.4. The zero-order valence-corrected chi connectivity index (χ0v) is 7.58. The second-order valence-electron chi connectivity index (χ2n) is 2.77. The van der Waals surface area contributed by atoms with Crippen molar-refractivity contribution in [1.82, 2.24) is 5.32 Å². The monoisotopic (exact) mass is 188 g/mol. The standard InChI is InChI=1S/C8H16N2O3/c9-5-7(11)6-10-4-2-1-3-8(12)13/h10H,1-6,9H2,(H,12,13). The van der Waals surface area contributed by atoms with Gasteiger partial charge in [0.05, 0.1) is 13.1 Å². The molecule has 0 aliphatic rings. The summed E-state index contributed by atoms with van der Waals surface area (Å²) in [7, 11) is 0. The van der Waals surface area contributed by atoms with E-state index < -0.39 is 5.97 Å². The average Bonchev–Trinajstić information content (AvgIpc) is 2.10. The number of carboxylic acids is 1. The highest BCUT2D eigenvalue weighted by Crippen LogP contribution is 1.92. The van der Waals surface area contributed by atoms with Gasteiger partial charge in [0, 0.05) is 6.42 Å². The maximum absolute atomic E-state index is 10.7. The zero-order chi connectivity index (χ0) is 10.1. The Morgan fingerprint density at radius 3 is 2.54 bits per heavy atom. The minimum Gasteiger partial charge on any atom is -0.481 e. The van der Waals surface area contributed by atoms with Crippen LogP contribution in [-0.2, 0) is 9.59 Å². The van der Waals surface area contributed by atoms with E-state index in [9.17, 15) is 9.59 Å². The van der Waals surface area contributed by atoms with Crippen LogP contribution in [0.2, 0.25) is 0 Å². The Bertz CT molecular complexity index is 171. The summed E-state index contributed by atoms with van der Waals surface area (Å²) in [6, 6.07) is 0. The first-order chi connectivity index (χ1) is 6.16. The molecule has 0 aromatic heterocycles. The van der Waals surface area contributed by atoms with Gasteiger partial charge in [-0.2, -0.15) is 0 Å². The van der Waals surface area contributed by atoms with E-state index in [0.717, 1.165) is 6.42 Å². The molecule has 5 heteroatoms. The van der Waals surface area contributed by atoms with Crippen LogP contribution in [0.15, 0.2) is 0 Å². The predicted octanol–water partition coefficient (Wildman–Crippen LogP) is -0.641. The van der Waals surface area contributed by atoms with Crippen molar-refractivity contribution >= 4 is 11.8 Å². The van der Waals surface area contributed by atoms with E-state index >= 15 is 0 Å². The molecule has 0 rings (SSSR count). The fraction of sp³-hybridized carbons (Fsp3) is 0.750. The number of carbonyl (C=O) groups excluding carboxylic acids is 1. The Hall–Kier alpha value is -0.940. The number of hydrogen-bond donors (Lipinski definition) is 3. The van der Waals surface area contributed by atoms with E-state index in [1.807, 2.05) is 0 Å². The van der Waals surface area contributed by atoms with Crippen LogP contribution in [-0.4, -0.2) is 36.5 Å². The second-order valence-corrected chi connectivity index (χ2v) is 2.77. The number of carbonyl (C=O) groups is 2. The van der Waals surface area contributed by atoms with E-state index in [2.05, 4.69) is 5.32 Å². The number of rotatable bonds is 8. The summed E-state index contributed by atoms with van der Waals surface area (Å²) in [5.74, 6) is -0.809. The van der Waals surface area contributed by atoms with Gasteiger partial charge in [0.1, 0.15) is 0 Å². The summed E-state index contributed by atoms with van der Waals surface area (Å²) < 4.78 is 0. The maximum Gasteiger partial charge on any atom is 0.303 e. The lowest BCUT2D eigenvalue weighted by Gasteiger charge is -2.01. The van der Waals surface area contributed by atoms with Crippen molar-refractivity contribution in [3.05, 3.63) is 0 Å². The van der Waals surface area contributed by atoms with E-state index in [1.165, 1.54) is 0 Å². The minimum atomic E-state index is -0.780. The van der Waals surface area contributed by atoms with Gasteiger partial charge < -0.3 is 16.2 Å². The summed E-state index contributed by atoms with van der Waals surface area (Å²) >= 11 is 0. The van der Waals surface area contributed by atoms with Crippen molar-refractivity contribution in [1.29, 1.82) is 0 Å². The fourth-order valence-corrected chi connectivity index (χ4v) is 0.826. The molecule has 0 atom stereocenters. The number of aliphatic carboxylic acids is 1. The molecule has 0 unspecified atom stereocenters. The topological polar surface area (TPSA) is 92.4 Å². The third-order valence-electron chi connectivity index (χ3n) is 1.54. The number of hydrogen-bond acceptors (Lipinski definition) is 4. The van der Waals surface area contributed by atoms with Gasteiger partial charge in [0.25, 0.3) is 0 Å². The van der Waals surface area contributed by atoms with Gasteiger partial charge in [0.2, 0.25) is 0 Å². The summed E-state index contributed by atoms with van der Waals surface area (Å²) in [6.45, 7) is 1.00. The van der Waals surface area contributed by atoms with Crippen molar-refractivity contribution in [3.63, 3.8) is 0 Å². The van der Waals surface area contributed by atoms with Gasteiger partial charge in [-0.1, -0.05) is 0 Å². The molecule has 0 aliphatic heterocycles. The molecule has 76 valence electrons. The lowest BCUT2D eigenvalue weighted by Crippen LogP contribution is -2.28. The predicted molar refractivity (Wildman–Crippen MR) is 48.4 cm³/mol. The Labute approximate surface area is 77.3 Å². The highest BCUT2D eigenvalue weighted by molar-refractivity contribution is 5.82. The summed E-state index contributed by atoms with van der Waals surface area (Å²) in [5, 5.41) is 11.2. The van der Waals surface area contributed by atoms with Gasteiger partial charge in [0.15, 0.2) is 5.78 Å². The summed E-state index contributed by atoms with van der Waals surface area (Å²) in [6.07, 6.45) is 1.59. The first-order valence-electron chi connectivity index (χ1n) is 4.31. The largest absolute Gasteiger partial charge is 0.481 e. The first-order valence-corrected chi connectivity index (χ1v) is 4.31. The highest BCUT2D eigenvalue weighted by Gasteiger charge is 1.98. The van der Waals surface area contributed by atoms with Gasteiger partial charge in [-0.15, -0.1) is 0 Å². The molecular weight excluding hydrogens is 172 g/mol. The van der Waals surface area contributed by atoms with Gasteiger partial charge in [-0.3, -0.25) is 9.59 Å². The summed E-state index contributed by atoms with van der Waals surface area (Å²) in [4.78, 5) is 20.8. The smallest absolute Gasteiger partial charge is 0.303 e. The molecule has 0 spiro atoms. The number of unbranched alkanes of at least 4 members (excludes halogenated alkanes) is 1. The molecule has 0 heterocycles. The van der Waals surface area contributed by atoms with Crippen molar-refractivity contribution < 1.29 is 14.7 Å². The number of nitrogens with one attached hydrogen (secondary N) is 1. The second kappa shape index (κ2) is 7.70. The number of nitrogens with two attached hydrogens (primary N) is 1. The third-order valence-corrected chi connectivity index (χ3v) is 1.54. The van der Waals surface area contributed by atoms with Crippen LogP contribution < -0.4 is 11.1 Å². The van der Waals surface area contributed by atoms with Crippen LogP contribution in [0, 0.1) is 0 Å². The molecule has 0 aromatic rings. The molecule has 0 radical (unpaired) electrons. The lowest BCUT2D eigenvalue weighted by molar-refractivity contribution is -0.137. The van der Waals surface area contributed by atoms with Crippen LogP contribution in [0.5, 0.6) is 0 Å². The Morgan fingerprint density at radius 2 is 2.00 bits per heavy atom. The van der Waals surface area contributed by atoms with Crippen LogP contribution >= 0.6 is 0 Å². The molecule has 4 N–H and O–H groups in total. The summed E-state index contributed by atoms with van der Waals surface area (Å²) in [5.41, 5.74) is 5.09. The molecule has 0 fully saturated rings. The van der Waals surface area contributed by atoms with Gasteiger partial charge >= 0.3 is 5.97 Å². The number of ketones is 1. The van der Waals surface area contributed by atoms with Crippen molar-refractivity contribution in [2.24, 2.45) is 5.73 Å². The molecular formula is C8H16N2O3. The fourth-order valence-electron chi connectivity index (χ4n) is 0.826. The van der Waals surface area contributed by atoms with Crippen molar-refractivity contribution in [2.75, 3.05) is 19.6 Å². The number of carboxylic acid groups (broad SMARTS) is 1. The van der Waals surface area contributed by atoms with Crippen LogP contribution in [0.4, 0.5) is 0 Å². The molecule has 0 aromatic carbocycles. The molecule has 0 saturated carbocycles. The van der Waals surface area contributed by atoms with Gasteiger partial charge in [-0.05, 0) is 19.4 Å². The van der Waals surface area contributed by atoms with Crippen molar-refractivity contribution in [3.8, 4) is 0 Å². The molecule has 5 nitrogen and oxygen atoms in total. The Balaban J connectivity index is 3.08. The molecule has 13 heavy (non-hydrogen) atoms. The third kappa shape index (κ3) is 8.97. The van der Waals surface area contributed by atoms with E-state index in [4.69, 9.17) is 10.8 Å². The molecule has 0 aliphatic carbocycles. The Kier molecular flexibility index (Phi) is 7.14.